The largest absolute Gasteiger partial charge is 0.478 e. The average Bonchev–Trinajstić information content (AvgIpc) is 2.08. The Morgan fingerprint density at radius 3 is 2.57 bits per heavy atom. The Hall–Kier alpha value is -1.79. The average molecular weight is 206 g/mol. The van der Waals surface area contributed by atoms with Crippen LogP contribution >= 0.6 is 0 Å². The summed E-state index contributed by atoms with van der Waals surface area (Å²) in [5.41, 5.74) is 2.23. The number of nitrogens with two attached hydrogens (primary N) is 1. The van der Waals surface area contributed by atoms with Crippen LogP contribution in [0.15, 0.2) is 6.20 Å². The topological polar surface area (TPSA) is 76.2 Å². The fraction of sp³-hybridized carbons (Fsp3) is 0.143. The molecule has 0 amide bonds. The highest BCUT2D eigenvalue weighted by molar-refractivity contribution is 5.88. The number of carboxylic acids is 1. The molecule has 7 heteroatoms. The van der Waals surface area contributed by atoms with Gasteiger partial charge in [0.2, 0.25) is 0 Å². The highest BCUT2D eigenvalue weighted by atomic mass is 19.3. The summed E-state index contributed by atoms with van der Waals surface area (Å²) < 4.78 is 37.2. The van der Waals surface area contributed by atoms with Crippen LogP contribution in [0.3, 0.4) is 0 Å². The fourth-order valence-electron chi connectivity index (χ4n) is 0.841. The molecule has 0 aliphatic carbocycles. The molecule has 0 atom stereocenters. The van der Waals surface area contributed by atoms with Gasteiger partial charge < -0.3 is 10.8 Å². The molecule has 0 saturated carbocycles. The van der Waals surface area contributed by atoms with Crippen LogP contribution < -0.4 is 5.73 Å². The summed E-state index contributed by atoms with van der Waals surface area (Å²) in [6, 6.07) is 0. The van der Waals surface area contributed by atoms with E-state index in [-0.39, 0.29) is 0 Å². The van der Waals surface area contributed by atoms with Gasteiger partial charge in [0, 0.05) is 6.20 Å². The number of aromatic carboxylic acids is 1. The molecule has 0 aromatic carbocycles. The van der Waals surface area contributed by atoms with Crippen molar-refractivity contribution in [3.63, 3.8) is 0 Å². The summed E-state index contributed by atoms with van der Waals surface area (Å²) in [5.74, 6) is -3.00. The Bertz CT molecular complexity index is 381. The molecule has 0 aliphatic heterocycles. The van der Waals surface area contributed by atoms with Gasteiger partial charge in [0.1, 0.15) is 11.3 Å². The Kier molecular flexibility index (Phi) is 2.59. The Labute approximate surface area is 76.2 Å². The second-order valence-corrected chi connectivity index (χ2v) is 2.39. The van der Waals surface area contributed by atoms with E-state index >= 15 is 0 Å². The lowest BCUT2D eigenvalue weighted by atomic mass is 10.2. The van der Waals surface area contributed by atoms with Gasteiger partial charge in [-0.2, -0.15) is 0 Å². The molecule has 0 spiro atoms. The van der Waals surface area contributed by atoms with Crippen LogP contribution in [-0.2, 0) is 0 Å². The van der Waals surface area contributed by atoms with Crippen LogP contribution in [0.2, 0.25) is 0 Å². The van der Waals surface area contributed by atoms with E-state index in [9.17, 15) is 18.0 Å². The number of halogens is 3. The third-order valence-electron chi connectivity index (χ3n) is 1.52. The van der Waals surface area contributed by atoms with Gasteiger partial charge in [-0.3, -0.25) is 4.98 Å². The lowest BCUT2D eigenvalue weighted by Crippen LogP contribution is -2.09. The normalized spacial score (nSPS) is 10.6. The third-order valence-corrected chi connectivity index (χ3v) is 1.52. The molecule has 1 aromatic heterocycles. The number of pyridine rings is 1. The molecule has 1 rings (SSSR count). The monoisotopic (exact) mass is 206 g/mol. The highest BCUT2D eigenvalue weighted by Gasteiger charge is 2.21. The lowest BCUT2D eigenvalue weighted by Gasteiger charge is -2.05. The summed E-state index contributed by atoms with van der Waals surface area (Å²) in [4.78, 5) is 13.4. The number of hydrogen-bond donors (Lipinski definition) is 2. The minimum Gasteiger partial charge on any atom is -0.478 e. The second kappa shape index (κ2) is 3.52. The van der Waals surface area contributed by atoms with Crippen LogP contribution in [-0.4, -0.2) is 16.1 Å². The van der Waals surface area contributed by atoms with Gasteiger partial charge in [0.05, 0.1) is 5.69 Å². The van der Waals surface area contributed by atoms with Gasteiger partial charge in [0.15, 0.2) is 5.82 Å². The van der Waals surface area contributed by atoms with Gasteiger partial charge in [0.25, 0.3) is 6.43 Å². The molecule has 76 valence electrons. The zero-order valence-corrected chi connectivity index (χ0v) is 6.67. The number of carboxylic acid groups (broad SMARTS) is 1. The smallest absolute Gasteiger partial charge is 0.340 e. The molecular weight excluding hydrogens is 201 g/mol. The van der Waals surface area contributed by atoms with Crippen LogP contribution in [0, 0.1) is 5.82 Å². The summed E-state index contributed by atoms with van der Waals surface area (Å²) in [6.45, 7) is 0. The van der Waals surface area contributed by atoms with E-state index < -0.39 is 35.2 Å². The first-order valence-corrected chi connectivity index (χ1v) is 3.40. The Morgan fingerprint density at radius 1 is 1.57 bits per heavy atom. The Morgan fingerprint density at radius 2 is 2.14 bits per heavy atom. The number of hydrogen-bond acceptors (Lipinski definition) is 3. The molecule has 1 aromatic rings. The maximum atomic E-state index is 13.0. The summed E-state index contributed by atoms with van der Waals surface area (Å²) in [5, 5.41) is 8.40. The number of rotatable bonds is 2. The molecule has 4 nitrogen and oxygen atoms in total. The molecule has 0 unspecified atom stereocenters. The fourth-order valence-corrected chi connectivity index (χ4v) is 0.841. The second-order valence-electron chi connectivity index (χ2n) is 2.39. The lowest BCUT2D eigenvalue weighted by molar-refractivity contribution is 0.0690. The van der Waals surface area contributed by atoms with E-state index in [4.69, 9.17) is 10.8 Å². The van der Waals surface area contributed by atoms with Gasteiger partial charge in [-0.25, -0.2) is 18.0 Å². The standard InChI is InChI=1S/C7H5F3N2O2/c8-3-2(7(13)14)1-12-5(4(3)11)6(9)10/h1,6H,11H2,(H,13,14). The van der Waals surface area contributed by atoms with Crippen molar-refractivity contribution in [2.45, 2.75) is 6.43 Å². The van der Waals surface area contributed by atoms with E-state index in [1.54, 1.807) is 0 Å². The molecule has 3 N–H and O–H groups in total. The van der Waals surface area contributed by atoms with Crippen LogP contribution in [0.5, 0.6) is 0 Å². The summed E-state index contributed by atoms with van der Waals surface area (Å²) in [7, 11) is 0. The van der Waals surface area contributed by atoms with E-state index in [1.165, 1.54) is 0 Å². The Balaban J connectivity index is 3.33. The molecule has 0 bridgehead atoms. The number of carbonyl (C=O) groups is 1. The minimum atomic E-state index is -3.03. The zero-order valence-electron chi connectivity index (χ0n) is 6.67. The highest BCUT2D eigenvalue weighted by Crippen LogP contribution is 2.26. The maximum absolute atomic E-state index is 13.0. The number of nitrogens with zero attached hydrogens (tertiary/aromatic N) is 1. The summed E-state index contributed by atoms with van der Waals surface area (Å²) in [6.07, 6.45) is -2.53. The van der Waals surface area contributed by atoms with Crippen molar-refractivity contribution in [3.8, 4) is 0 Å². The van der Waals surface area contributed by atoms with Gasteiger partial charge in [-0.1, -0.05) is 0 Å². The first-order chi connectivity index (χ1) is 6.45. The van der Waals surface area contributed by atoms with Crippen molar-refractivity contribution in [1.29, 1.82) is 0 Å². The number of alkyl halides is 2. The predicted octanol–water partition coefficient (Wildman–Crippen LogP) is 1.44. The van der Waals surface area contributed by atoms with Crippen molar-refractivity contribution in [2.75, 3.05) is 5.73 Å². The molecular formula is C7H5F3N2O2. The van der Waals surface area contributed by atoms with Crippen molar-refractivity contribution in [3.05, 3.63) is 23.3 Å². The number of aromatic nitrogens is 1. The van der Waals surface area contributed by atoms with Gasteiger partial charge >= 0.3 is 5.97 Å². The first kappa shape index (κ1) is 10.3. The third kappa shape index (κ3) is 1.61. The number of anilines is 1. The summed E-state index contributed by atoms with van der Waals surface area (Å²) >= 11 is 0. The van der Waals surface area contributed by atoms with Crippen LogP contribution in [0.1, 0.15) is 22.5 Å². The molecule has 0 fully saturated rings. The van der Waals surface area contributed by atoms with Gasteiger partial charge in [-0.05, 0) is 0 Å². The van der Waals surface area contributed by atoms with Crippen molar-refractivity contribution < 1.29 is 23.1 Å². The van der Waals surface area contributed by atoms with Crippen molar-refractivity contribution in [1.82, 2.24) is 4.98 Å². The molecule has 0 saturated heterocycles. The molecule has 0 aliphatic rings. The SMILES string of the molecule is Nc1c(C(F)F)ncc(C(=O)O)c1F. The number of nitrogen functional groups attached to an aromatic ring is 1. The quantitative estimate of drug-likeness (QED) is 0.767. The van der Waals surface area contributed by atoms with Crippen LogP contribution in [0.25, 0.3) is 0 Å². The van der Waals surface area contributed by atoms with Crippen molar-refractivity contribution >= 4 is 11.7 Å². The van der Waals surface area contributed by atoms with E-state index in [1.807, 2.05) is 0 Å². The van der Waals surface area contributed by atoms with Crippen molar-refractivity contribution in [2.24, 2.45) is 0 Å². The van der Waals surface area contributed by atoms with Gasteiger partial charge in [-0.15, -0.1) is 0 Å². The minimum absolute atomic E-state index is 0.509. The molecule has 14 heavy (non-hydrogen) atoms. The maximum Gasteiger partial charge on any atom is 0.340 e. The molecule has 1 heterocycles. The van der Waals surface area contributed by atoms with E-state index in [2.05, 4.69) is 4.98 Å². The zero-order chi connectivity index (χ0) is 10.9. The van der Waals surface area contributed by atoms with E-state index in [0.717, 1.165) is 0 Å². The predicted molar refractivity (Wildman–Crippen MR) is 40.5 cm³/mol. The van der Waals surface area contributed by atoms with Crippen LogP contribution in [0.4, 0.5) is 18.9 Å². The van der Waals surface area contributed by atoms with E-state index in [0.29, 0.717) is 6.20 Å². The first-order valence-electron chi connectivity index (χ1n) is 3.40. The molecule has 0 radical (unpaired) electrons.